The van der Waals surface area contributed by atoms with Crippen LogP contribution in [0.2, 0.25) is 0 Å². The van der Waals surface area contributed by atoms with E-state index in [0.717, 1.165) is 56.9 Å². The number of aromatic nitrogens is 2. The Labute approximate surface area is 220 Å². The molecule has 9 heteroatoms. The van der Waals surface area contributed by atoms with Crippen molar-refractivity contribution in [1.29, 1.82) is 0 Å². The summed E-state index contributed by atoms with van der Waals surface area (Å²) >= 11 is 0. The highest BCUT2D eigenvalue weighted by Gasteiger charge is 2.39. The van der Waals surface area contributed by atoms with Crippen molar-refractivity contribution in [3.8, 4) is 5.75 Å². The van der Waals surface area contributed by atoms with E-state index >= 15 is 0 Å². The first-order valence-electron chi connectivity index (χ1n) is 13.2. The second-order valence-corrected chi connectivity index (χ2v) is 10.1. The molecule has 4 rings (SSSR count). The lowest BCUT2D eigenvalue weighted by Gasteiger charge is -2.29. The molecule has 0 amide bonds. The average molecular weight is 537 g/mol. The Balaban J connectivity index is 1.25. The van der Waals surface area contributed by atoms with Crippen LogP contribution in [0.3, 0.4) is 0 Å². The molecule has 0 aliphatic heterocycles. The fourth-order valence-corrected chi connectivity index (χ4v) is 5.18. The molecule has 0 saturated heterocycles. The van der Waals surface area contributed by atoms with Gasteiger partial charge in [-0.1, -0.05) is 24.3 Å². The van der Waals surface area contributed by atoms with E-state index in [1.807, 2.05) is 19.1 Å². The zero-order valence-corrected chi connectivity index (χ0v) is 21.4. The van der Waals surface area contributed by atoms with Gasteiger partial charge in [0.1, 0.15) is 5.75 Å². The number of rotatable bonds is 9. The van der Waals surface area contributed by atoms with Crippen LogP contribution >= 0.6 is 0 Å². The largest absolute Gasteiger partial charge is 0.462 e. The molecular weight excluding hydrogens is 503 g/mol. The van der Waals surface area contributed by atoms with Crippen LogP contribution in [0, 0.1) is 29.3 Å². The monoisotopic (exact) mass is 536 g/mol. The van der Waals surface area contributed by atoms with E-state index < -0.39 is 35.1 Å². The second-order valence-electron chi connectivity index (χ2n) is 10.1. The van der Waals surface area contributed by atoms with E-state index in [1.165, 1.54) is 12.4 Å². The first kappa shape index (κ1) is 28.2. The maximum atomic E-state index is 14.5. The lowest BCUT2D eigenvalue weighted by molar-refractivity contribution is -0.192. The summed E-state index contributed by atoms with van der Waals surface area (Å²) in [6, 6.07) is 0.693. The van der Waals surface area contributed by atoms with Gasteiger partial charge in [-0.3, -0.25) is 0 Å². The second kappa shape index (κ2) is 12.8. The summed E-state index contributed by atoms with van der Waals surface area (Å²) in [4.78, 5) is 7.51. The lowest BCUT2D eigenvalue weighted by atomic mass is 9.78. The lowest BCUT2D eigenvalue weighted by Crippen LogP contribution is -2.25. The van der Waals surface area contributed by atoms with E-state index in [9.17, 15) is 22.0 Å². The van der Waals surface area contributed by atoms with Crippen LogP contribution in [0.15, 0.2) is 48.8 Å². The Kier molecular flexibility index (Phi) is 9.52. The van der Waals surface area contributed by atoms with Crippen LogP contribution in [0.4, 0.5) is 22.0 Å². The van der Waals surface area contributed by atoms with Gasteiger partial charge in [0.05, 0.1) is 12.7 Å². The van der Waals surface area contributed by atoms with E-state index in [1.54, 1.807) is 0 Å². The van der Waals surface area contributed by atoms with Crippen molar-refractivity contribution < 1.29 is 31.4 Å². The summed E-state index contributed by atoms with van der Waals surface area (Å²) < 4.78 is 78.9. The molecule has 2 aliphatic rings. The molecule has 0 N–H and O–H groups in total. The summed E-state index contributed by atoms with van der Waals surface area (Å²) in [5.74, 6) is -5.55. The van der Waals surface area contributed by atoms with Crippen LogP contribution < -0.4 is 4.74 Å². The van der Waals surface area contributed by atoms with Gasteiger partial charge in [0.15, 0.2) is 17.5 Å². The predicted molar refractivity (Wildman–Crippen MR) is 133 cm³/mol. The number of benzene rings is 1. The van der Waals surface area contributed by atoms with Crippen LogP contribution in [0.25, 0.3) is 0 Å². The van der Waals surface area contributed by atoms with E-state index in [2.05, 4.69) is 26.9 Å². The van der Waals surface area contributed by atoms with E-state index in [4.69, 9.17) is 4.74 Å². The van der Waals surface area contributed by atoms with Crippen molar-refractivity contribution in [3.05, 3.63) is 77.7 Å². The molecule has 0 spiro atoms. The standard InChI is InChI=1S/C29H33F5N2O2/c1-2-3-14-37-23-12-8-20(9-13-23)5-4-19-6-10-21(11-7-19)22-17-35-28(36-18-22)29(33,34)38-24-15-25(30)27(32)26(31)16-24/h2-5,15-21,23H,6-14H2,1H3/b3-2+,5-4+. The number of allylic oxidation sites excluding steroid dienone is 3. The van der Waals surface area contributed by atoms with Gasteiger partial charge in [-0.2, -0.15) is 8.78 Å². The average Bonchev–Trinajstić information content (AvgIpc) is 2.91. The quantitative estimate of drug-likeness (QED) is 0.185. The first-order chi connectivity index (χ1) is 18.2. The summed E-state index contributed by atoms with van der Waals surface area (Å²) in [6.45, 7) is 2.68. The number of hydrogen-bond acceptors (Lipinski definition) is 4. The summed E-state index contributed by atoms with van der Waals surface area (Å²) in [7, 11) is 0. The topological polar surface area (TPSA) is 44.2 Å². The Morgan fingerprint density at radius 1 is 0.868 bits per heavy atom. The maximum Gasteiger partial charge on any atom is 0.462 e. The van der Waals surface area contributed by atoms with Crippen LogP contribution in [0.5, 0.6) is 5.75 Å². The fraction of sp³-hybridized carbons (Fsp3) is 0.517. The molecule has 2 fully saturated rings. The third kappa shape index (κ3) is 7.40. The molecular formula is C29H33F5N2O2. The van der Waals surface area contributed by atoms with Gasteiger partial charge in [-0.25, -0.2) is 23.1 Å². The molecule has 4 nitrogen and oxygen atoms in total. The van der Waals surface area contributed by atoms with Crippen molar-refractivity contribution in [2.45, 2.75) is 76.4 Å². The smallest absolute Gasteiger partial charge is 0.426 e. The SMILES string of the molecule is C/C=C/COC1CCC(/C=C/C2CCC(c3cnc(C(F)(F)Oc4cc(F)c(F)c(F)c4)nc3)CC2)CC1. The molecule has 2 aliphatic carbocycles. The molecule has 206 valence electrons. The van der Waals surface area contributed by atoms with Gasteiger partial charge in [0.25, 0.3) is 0 Å². The first-order valence-corrected chi connectivity index (χ1v) is 13.2. The van der Waals surface area contributed by atoms with Crippen molar-refractivity contribution >= 4 is 0 Å². The molecule has 2 aromatic rings. The number of alkyl halides is 2. The minimum absolute atomic E-state index is 0.174. The third-order valence-electron chi connectivity index (χ3n) is 7.42. The third-order valence-corrected chi connectivity index (χ3v) is 7.42. The molecule has 1 aromatic carbocycles. The molecule has 1 heterocycles. The Bertz CT molecular complexity index is 1080. The highest BCUT2D eigenvalue weighted by Crippen LogP contribution is 2.37. The minimum Gasteiger partial charge on any atom is -0.426 e. The molecule has 0 unspecified atom stereocenters. The van der Waals surface area contributed by atoms with Gasteiger partial charge in [-0.15, -0.1) is 0 Å². The summed E-state index contributed by atoms with van der Waals surface area (Å²) in [5.41, 5.74) is 0.766. The molecule has 0 atom stereocenters. The minimum atomic E-state index is -4.05. The Morgan fingerprint density at radius 2 is 1.42 bits per heavy atom. The molecule has 2 saturated carbocycles. The number of halogens is 5. The van der Waals surface area contributed by atoms with Gasteiger partial charge in [0, 0.05) is 24.5 Å². The van der Waals surface area contributed by atoms with Gasteiger partial charge < -0.3 is 9.47 Å². The van der Waals surface area contributed by atoms with Crippen molar-refractivity contribution in [1.82, 2.24) is 9.97 Å². The van der Waals surface area contributed by atoms with Crippen molar-refractivity contribution in [2.75, 3.05) is 6.61 Å². The highest BCUT2D eigenvalue weighted by atomic mass is 19.3. The summed E-state index contributed by atoms with van der Waals surface area (Å²) in [6.07, 6.45) is 16.1. The highest BCUT2D eigenvalue weighted by molar-refractivity contribution is 5.26. The fourth-order valence-electron chi connectivity index (χ4n) is 5.18. The normalized spacial score (nSPS) is 24.8. The van der Waals surface area contributed by atoms with Gasteiger partial charge >= 0.3 is 6.11 Å². The number of ether oxygens (including phenoxy) is 2. The Hall–Kier alpha value is -2.81. The van der Waals surface area contributed by atoms with Gasteiger partial charge in [-0.05, 0) is 81.6 Å². The van der Waals surface area contributed by atoms with Crippen molar-refractivity contribution in [3.63, 3.8) is 0 Å². The van der Waals surface area contributed by atoms with Crippen LogP contribution in [0.1, 0.15) is 75.6 Å². The molecule has 0 bridgehead atoms. The molecule has 38 heavy (non-hydrogen) atoms. The molecule has 0 radical (unpaired) electrons. The Morgan fingerprint density at radius 3 is 1.97 bits per heavy atom. The zero-order chi connectivity index (χ0) is 27.1. The van der Waals surface area contributed by atoms with Gasteiger partial charge in [0.2, 0.25) is 5.82 Å². The van der Waals surface area contributed by atoms with E-state index in [0.29, 0.717) is 36.7 Å². The van der Waals surface area contributed by atoms with E-state index in [-0.39, 0.29) is 5.92 Å². The molecule has 1 aromatic heterocycles. The number of hydrogen-bond donors (Lipinski definition) is 0. The van der Waals surface area contributed by atoms with Crippen LogP contribution in [-0.4, -0.2) is 22.7 Å². The maximum absolute atomic E-state index is 14.5. The van der Waals surface area contributed by atoms with Crippen LogP contribution in [-0.2, 0) is 10.8 Å². The van der Waals surface area contributed by atoms with Crippen molar-refractivity contribution in [2.24, 2.45) is 11.8 Å². The zero-order valence-electron chi connectivity index (χ0n) is 21.4. The summed E-state index contributed by atoms with van der Waals surface area (Å²) in [5, 5.41) is 0. The number of nitrogens with zero attached hydrogens (tertiary/aromatic N) is 2. The predicted octanol–water partition coefficient (Wildman–Crippen LogP) is 8.00.